The molecule has 0 fully saturated rings. The molecule has 0 bridgehead atoms. The lowest BCUT2D eigenvalue weighted by Crippen LogP contribution is -2.47. The van der Waals surface area contributed by atoms with Crippen LogP contribution in [-0.4, -0.2) is 61.1 Å². The zero-order chi connectivity index (χ0) is 21.3. The maximum absolute atomic E-state index is 5.15. The van der Waals surface area contributed by atoms with E-state index in [0.29, 0.717) is 12.6 Å². The summed E-state index contributed by atoms with van der Waals surface area (Å²) in [6, 6.07) is 9.05. The van der Waals surface area contributed by atoms with Crippen molar-refractivity contribution in [1.82, 2.24) is 25.4 Å². The normalized spacial score (nSPS) is 16.3. The van der Waals surface area contributed by atoms with E-state index in [4.69, 9.17) is 9.73 Å². The number of rotatable bonds is 9. The molecule has 1 aliphatic heterocycles. The summed E-state index contributed by atoms with van der Waals surface area (Å²) in [4.78, 5) is 11.4. The highest BCUT2D eigenvalue weighted by Gasteiger charge is 2.22. The molecular weight excluding hydrogens is 378 g/mol. The second-order valence-electron chi connectivity index (χ2n) is 7.86. The maximum atomic E-state index is 5.15. The number of aromatic nitrogens is 3. The second-order valence-corrected chi connectivity index (χ2v) is 7.86. The van der Waals surface area contributed by atoms with Gasteiger partial charge in [-0.1, -0.05) is 12.1 Å². The van der Waals surface area contributed by atoms with Gasteiger partial charge in [-0.3, -0.25) is 4.99 Å². The van der Waals surface area contributed by atoms with E-state index in [1.807, 2.05) is 4.68 Å². The van der Waals surface area contributed by atoms with E-state index in [1.54, 1.807) is 7.11 Å². The first-order valence-corrected chi connectivity index (χ1v) is 10.8. The van der Waals surface area contributed by atoms with Crippen molar-refractivity contribution in [2.45, 2.75) is 51.8 Å². The lowest BCUT2D eigenvalue weighted by molar-refractivity contribution is 0.177. The van der Waals surface area contributed by atoms with E-state index in [2.05, 4.69) is 70.9 Å². The van der Waals surface area contributed by atoms with Gasteiger partial charge in [-0.2, -0.15) is 5.10 Å². The SMILES string of the molecule is CCNC(=NCCCc1ccc(N(C)C)cc1)NC1CCc2nc(COC)nn2C1. The Kier molecular flexibility index (Phi) is 8.07. The Bertz CT molecular complexity index is 813. The van der Waals surface area contributed by atoms with Gasteiger partial charge in [0.05, 0.1) is 6.54 Å². The predicted octanol–water partition coefficient (Wildman–Crippen LogP) is 1.99. The molecule has 0 spiro atoms. The first kappa shape index (κ1) is 22.1. The Morgan fingerprint density at radius 1 is 1.30 bits per heavy atom. The minimum Gasteiger partial charge on any atom is -0.378 e. The van der Waals surface area contributed by atoms with Gasteiger partial charge in [-0.25, -0.2) is 9.67 Å². The van der Waals surface area contributed by atoms with E-state index < -0.39 is 0 Å². The van der Waals surface area contributed by atoms with Crippen molar-refractivity contribution in [3.05, 3.63) is 41.5 Å². The van der Waals surface area contributed by atoms with E-state index in [0.717, 1.165) is 62.9 Å². The van der Waals surface area contributed by atoms with Crippen molar-refractivity contribution in [2.24, 2.45) is 4.99 Å². The monoisotopic (exact) mass is 413 g/mol. The van der Waals surface area contributed by atoms with Gasteiger partial charge in [0.2, 0.25) is 0 Å². The minimum atomic E-state index is 0.297. The quantitative estimate of drug-likeness (QED) is 0.372. The van der Waals surface area contributed by atoms with Gasteiger partial charge >= 0.3 is 0 Å². The van der Waals surface area contributed by atoms with Crippen LogP contribution in [0.1, 0.15) is 37.0 Å². The average Bonchev–Trinajstić information content (AvgIpc) is 3.13. The number of aryl methyl sites for hydroxylation is 2. The van der Waals surface area contributed by atoms with E-state index in [1.165, 1.54) is 11.3 Å². The molecule has 8 heteroatoms. The van der Waals surface area contributed by atoms with Crippen molar-refractivity contribution < 1.29 is 4.74 Å². The summed E-state index contributed by atoms with van der Waals surface area (Å²) in [6.07, 6.45) is 3.99. The van der Waals surface area contributed by atoms with Crippen molar-refractivity contribution in [3.8, 4) is 0 Å². The van der Waals surface area contributed by atoms with E-state index >= 15 is 0 Å². The first-order valence-electron chi connectivity index (χ1n) is 10.8. The number of benzene rings is 1. The highest BCUT2D eigenvalue weighted by molar-refractivity contribution is 5.80. The summed E-state index contributed by atoms with van der Waals surface area (Å²) in [7, 11) is 5.80. The average molecular weight is 414 g/mol. The number of hydrogen-bond acceptors (Lipinski definition) is 5. The van der Waals surface area contributed by atoms with E-state index in [9.17, 15) is 0 Å². The Balaban J connectivity index is 1.49. The molecule has 1 aliphatic rings. The Morgan fingerprint density at radius 2 is 2.10 bits per heavy atom. The van der Waals surface area contributed by atoms with Crippen LogP contribution in [0.15, 0.2) is 29.3 Å². The number of aliphatic imine (C=N–C) groups is 1. The third-order valence-corrected chi connectivity index (χ3v) is 5.21. The summed E-state index contributed by atoms with van der Waals surface area (Å²) in [5.74, 6) is 2.68. The van der Waals surface area contributed by atoms with Crippen molar-refractivity contribution in [1.29, 1.82) is 0 Å². The molecule has 164 valence electrons. The van der Waals surface area contributed by atoms with Crippen LogP contribution in [0.3, 0.4) is 0 Å². The number of fused-ring (bicyclic) bond motifs is 1. The largest absolute Gasteiger partial charge is 0.378 e. The molecule has 8 nitrogen and oxygen atoms in total. The number of guanidine groups is 1. The Morgan fingerprint density at radius 3 is 2.80 bits per heavy atom. The smallest absolute Gasteiger partial charge is 0.191 e. The molecule has 2 heterocycles. The van der Waals surface area contributed by atoms with Crippen LogP contribution >= 0.6 is 0 Å². The standard InChI is InChI=1S/C22H35N7O/c1-5-23-22(24-14-6-7-17-8-11-19(12-9-17)28(2)3)25-18-10-13-21-26-20(16-30-4)27-29(21)15-18/h8-9,11-12,18H,5-7,10,13-16H2,1-4H3,(H2,23,24,25). The number of nitrogens with one attached hydrogen (secondary N) is 2. The van der Waals surface area contributed by atoms with Gasteiger partial charge in [0, 0.05) is 52.4 Å². The topological polar surface area (TPSA) is 79.6 Å². The molecule has 1 aromatic heterocycles. The van der Waals surface area contributed by atoms with Crippen molar-refractivity contribution in [2.75, 3.05) is 39.2 Å². The van der Waals surface area contributed by atoms with Crippen molar-refractivity contribution in [3.63, 3.8) is 0 Å². The van der Waals surface area contributed by atoms with E-state index in [-0.39, 0.29) is 0 Å². The third-order valence-electron chi connectivity index (χ3n) is 5.21. The van der Waals surface area contributed by atoms with Gasteiger partial charge < -0.3 is 20.3 Å². The number of ether oxygens (including phenoxy) is 1. The fourth-order valence-electron chi connectivity index (χ4n) is 3.62. The lowest BCUT2D eigenvalue weighted by Gasteiger charge is -2.25. The van der Waals surface area contributed by atoms with Crippen LogP contribution < -0.4 is 15.5 Å². The number of anilines is 1. The minimum absolute atomic E-state index is 0.297. The van der Waals surface area contributed by atoms with Crippen molar-refractivity contribution >= 4 is 11.6 Å². The lowest BCUT2D eigenvalue weighted by atomic mass is 10.1. The fraction of sp³-hybridized carbons (Fsp3) is 0.591. The number of nitrogens with zero attached hydrogens (tertiary/aromatic N) is 5. The van der Waals surface area contributed by atoms with Crippen LogP contribution in [0.4, 0.5) is 5.69 Å². The summed E-state index contributed by atoms with van der Waals surface area (Å²) >= 11 is 0. The van der Waals surface area contributed by atoms with Crippen LogP contribution in [0.25, 0.3) is 0 Å². The Labute approximate surface area is 179 Å². The number of methoxy groups -OCH3 is 1. The highest BCUT2D eigenvalue weighted by atomic mass is 16.5. The summed E-state index contributed by atoms with van der Waals surface area (Å²) in [6.45, 7) is 4.99. The molecule has 0 saturated carbocycles. The number of hydrogen-bond donors (Lipinski definition) is 2. The summed E-state index contributed by atoms with van der Waals surface area (Å²) < 4.78 is 7.14. The maximum Gasteiger partial charge on any atom is 0.191 e. The summed E-state index contributed by atoms with van der Waals surface area (Å²) in [5.41, 5.74) is 2.58. The molecule has 1 atom stereocenters. The Hall–Kier alpha value is -2.61. The highest BCUT2D eigenvalue weighted by Crippen LogP contribution is 2.14. The second kappa shape index (κ2) is 11.0. The van der Waals surface area contributed by atoms with Gasteiger partial charge in [-0.05, 0) is 43.9 Å². The molecule has 3 rings (SSSR count). The van der Waals surface area contributed by atoms with Crippen LogP contribution in [0.2, 0.25) is 0 Å². The molecule has 0 saturated heterocycles. The molecule has 1 aromatic carbocycles. The van der Waals surface area contributed by atoms with Gasteiger partial charge in [0.15, 0.2) is 11.8 Å². The molecule has 0 aliphatic carbocycles. The molecule has 2 N–H and O–H groups in total. The van der Waals surface area contributed by atoms with Crippen LogP contribution in [0.5, 0.6) is 0 Å². The van der Waals surface area contributed by atoms with Crippen LogP contribution in [0, 0.1) is 0 Å². The van der Waals surface area contributed by atoms with Crippen LogP contribution in [-0.2, 0) is 30.7 Å². The molecule has 2 aromatic rings. The molecule has 30 heavy (non-hydrogen) atoms. The van der Waals surface area contributed by atoms with Gasteiger partial charge in [0.1, 0.15) is 12.4 Å². The summed E-state index contributed by atoms with van der Waals surface area (Å²) in [5, 5.41) is 11.5. The molecule has 0 amide bonds. The molecular formula is C22H35N7O. The fourth-order valence-corrected chi connectivity index (χ4v) is 3.62. The van der Waals surface area contributed by atoms with Gasteiger partial charge in [-0.15, -0.1) is 0 Å². The zero-order valence-electron chi connectivity index (χ0n) is 18.7. The third kappa shape index (κ3) is 6.19. The predicted molar refractivity (Wildman–Crippen MR) is 121 cm³/mol. The first-order chi connectivity index (χ1) is 14.6. The molecule has 1 unspecified atom stereocenters. The van der Waals surface area contributed by atoms with Gasteiger partial charge in [0.25, 0.3) is 0 Å². The zero-order valence-corrected chi connectivity index (χ0v) is 18.7. The molecule has 0 radical (unpaired) electrons.